The Balaban J connectivity index is 1.47. The number of hydrogen-bond donors (Lipinski definition) is 0. The van der Waals surface area contributed by atoms with Crippen LogP contribution in [-0.2, 0) is 4.74 Å². The summed E-state index contributed by atoms with van der Waals surface area (Å²) in [5.41, 5.74) is 0.484. The van der Waals surface area contributed by atoms with Crippen molar-refractivity contribution in [1.82, 2.24) is 10.1 Å². The third kappa shape index (κ3) is 2.46. The Labute approximate surface area is 118 Å². The predicted octanol–water partition coefficient (Wildman–Crippen LogP) is 2.19. The zero-order chi connectivity index (χ0) is 13.5. The summed E-state index contributed by atoms with van der Waals surface area (Å²) in [5, 5.41) is 3.99. The lowest BCUT2D eigenvalue weighted by molar-refractivity contribution is 0.0695. The molecule has 0 spiro atoms. The Morgan fingerprint density at radius 2 is 2.15 bits per heavy atom. The highest BCUT2D eigenvalue weighted by atomic mass is 16.5. The van der Waals surface area contributed by atoms with E-state index in [2.05, 4.69) is 5.16 Å². The number of carbonyl (C=O) groups is 1. The summed E-state index contributed by atoms with van der Waals surface area (Å²) in [6.07, 6.45) is 5.62. The van der Waals surface area contributed by atoms with Crippen molar-refractivity contribution in [2.45, 2.75) is 44.1 Å². The molecule has 0 radical (unpaired) electrons. The van der Waals surface area contributed by atoms with Crippen molar-refractivity contribution >= 4 is 5.91 Å². The van der Waals surface area contributed by atoms with Gasteiger partial charge in [0.1, 0.15) is 5.76 Å². The molecule has 1 saturated heterocycles. The first-order chi connectivity index (χ1) is 9.81. The van der Waals surface area contributed by atoms with Gasteiger partial charge >= 0.3 is 0 Å². The lowest BCUT2D eigenvalue weighted by Gasteiger charge is -2.24. The maximum absolute atomic E-state index is 12.6. The second-order valence-corrected chi connectivity index (χ2v) is 6.31. The number of amides is 1. The van der Waals surface area contributed by atoms with Crippen molar-refractivity contribution in [1.29, 1.82) is 0 Å². The first-order valence-electron chi connectivity index (χ1n) is 7.66. The number of carbonyl (C=O) groups excluding carboxylic acids is 1. The van der Waals surface area contributed by atoms with E-state index in [0.29, 0.717) is 23.6 Å². The maximum atomic E-state index is 12.6. The quantitative estimate of drug-likeness (QED) is 0.827. The molecule has 1 aliphatic heterocycles. The van der Waals surface area contributed by atoms with Gasteiger partial charge in [0, 0.05) is 37.1 Å². The summed E-state index contributed by atoms with van der Waals surface area (Å²) in [7, 11) is 0. The molecule has 1 aromatic heterocycles. The van der Waals surface area contributed by atoms with E-state index in [1.807, 2.05) is 11.0 Å². The number of rotatable bonds is 5. The molecule has 2 aliphatic carbocycles. The fourth-order valence-corrected chi connectivity index (χ4v) is 2.89. The minimum Gasteiger partial charge on any atom is -0.381 e. The molecule has 4 rings (SSSR count). The van der Waals surface area contributed by atoms with E-state index < -0.39 is 0 Å². The van der Waals surface area contributed by atoms with Crippen LogP contribution >= 0.6 is 0 Å². The highest BCUT2D eigenvalue weighted by Gasteiger charge is 2.37. The molecule has 2 saturated carbocycles. The van der Waals surface area contributed by atoms with Gasteiger partial charge < -0.3 is 14.2 Å². The molecule has 2 heterocycles. The topological polar surface area (TPSA) is 55.6 Å². The van der Waals surface area contributed by atoms with E-state index in [-0.39, 0.29) is 5.91 Å². The van der Waals surface area contributed by atoms with Crippen LogP contribution in [0.15, 0.2) is 10.6 Å². The molecule has 1 amide bonds. The molecule has 5 nitrogen and oxygen atoms in total. The fraction of sp³-hybridized carbons (Fsp3) is 0.733. The molecule has 5 heteroatoms. The summed E-state index contributed by atoms with van der Waals surface area (Å²) in [4.78, 5) is 14.6. The number of aromatic nitrogens is 1. The highest BCUT2D eigenvalue weighted by Crippen LogP contribution is 2.40. The van der Waals surface area contributed by atoms with Gasteiger partial charge in [0.25, 0.3) is 5.91 Å². The monoisotopic (exact) mass is 276 g/mol. The van der Waals surface area contributed by atoms with Crippen molar-refractivity contribution in [3.8, 4) is 0 Å². The van der Waals surface area contributed by atoms with Gasteiger partial charge in [-0.05, 0) is 32.1 Å². The van der Waals surface area contributed by atoms with E-state index in [1.165, 1.54) is 0 Å². The first kappa shape index (κ1) is 12.4. The minimum atomic E-state index is 0.0371. The lowest BCUT2D eigenvalue weighted by Crippen LogP contribution is -2.37. The van der Waals surface area contributed by atoms with Crippen LogP contribution in [0.1, 0.15) is 54.3 Å². The molecular formula is C15H20N2O3. The van der Waals surface area contributed by atoms with Crippen molar-refractivity contribution in [2.24, 2.45) is 5.92 Å². The smallest absolute Gasteiger partial charge is 0.276 e. The average molecular weight is 276 g/mol. The van der Waals surface area contributed by atoms with Crippen LogP contribution in [0.4, 0.5) is 0 Å². The SMILES string of the molecule is O=C(c1cc(C2CC2)on1)N(C[C@H]1CCOC1)C1CC1. The molecular weight excluding hydrogens is 256 g/mol. The zero-order valence-electron chi connectivity index (χ0n) is 11.6. The Morgan fingerprint density at radius 3 is 2.80 bits per heavy atom. The largest absolute Gasteiger partial charge is 0.381 e. The molecule has 1 atom stereocenters. The zero-order valence-corrected chi connectivity index (χ0v) is 11.6. The standard InChI is InChI=1S/C15H20N2O3/c18-15(13-7-14(20-16-13)11-1-2-11)17(12-3-4-12)8-10-5-6-19-9-10/h7,10-12H,1-6,8-9H2/t10-/m1/s1. The van der Waals surface area contributed by atoms with Crippen LogP contribution in [-0.4, -0.2) is 41.8 Å². The number of ether oxygens (including phenoxy) is 1. The van der Waals surface area contributed by atoms with Crippen LogP contribution in [0, 0.1) is 5.92 Å². The van der Waals surface area contributed by atoms with Gasteiger partial charge in [-0.2, -0.15) is 0 Å². The van der Waals surface area contributed by atoms with E-state index >= 15 is 0 Å². The molecule has 1 aromatic rings. The second kappa shape index (κ2) is 4.88. The maximum Gasteiger partial charge on any atom is 0.276 e. The van der Waals surface area contributed by atoms with Gasteiger partial charge in [-0.15, -0.1) is 0 Å². The van der Waals surface area contributed by atoms with E-state index in [0.717, 1.165) is 57.6 Å². The molecule has 0 aromatic carbocycles. The fourth-order valence-electron chi connectivity index (χ4n) is 2.89. The van der Waals surface area contributed by atoms with Crippen LogP contribution in [0.5, 0.6) is 0 Å². The summed E-state index contributed by atoms with van der Waals surface area (Å²) >= 11 is 0. The summed E-state index contributed by atoms with van der Waals surface area (Å²) in [6.45, 7) is 2.41. The minimum absolute atomic E-state index is 0.0371. The van der Waals surface area contributed by atoms with Crippen LogP contribution < -0.4 is 0 Å². The van der Waals surface area contributed by atoms with Gasteiger partial charge in [-0.25, -0.2) is 0 Å². The van der Waals surface area contributed by atoms with Crippen LogP contribution in [0.25, 0.3) is 0 Å². The van der Waals surface area contributed by atoms with Gasteiger partial charge in [0.05, 0.1) is 6.61 Å². The van der Waals surface area contributed by atoms with Gasteiger partial charge in [-0.3, -0.25) is 4.79 Å². The summed E-state index contributed by atoms with van der Waals surface area (Å²) < 4.78 is 10.7. The van der Waals surface area contributed by atoms with E-state index in [9.17, 15) is 4.79 Å². The third-order valence-electron chi connectivity index (χ3n) is 4.45. The van der Waals surface area contributed by atoms with Crippen molar-refractivity contribution < 1.29 is 14.1 Å². The molecule has 3 aliphatic rings. The van der Waals surface area contributed by atoms with E-state index in [4.69, 9.17) is 9.26 Å². The Morgan fingerprint density at radius 1 is 1.30 bits per heavy atom. The molecule has 0 N–H and O–H groups in total. The van der Waals surface area contributed by atoms with Crippen molar-refractivity contribution in [3.05, 3.63) is 17.5 Å². The van der Waals surface area contributed by atoms with Gasteiger partial charge in [-0.1, -0.05) is 5.16 Å². The van der Waals surface area contributed by atoms with Gasteiger partial charge in [0.15, 0.2) is 5.69 Å². The predicted molar refractivity (Wildman–Crippen MR) is 71.5 cm³/mol. The average Bonchev–Trinajstić information content (AvgIpc) is 3.39. The summed E-state index contributed by atoms with van der Waals surface area (Å²) in [5.74, 6) is 1.90. The van der Waals surface area contributed by atoms with Crippen molar-refractivity contribution in [2.75, 3.05) is 19.8 Å². The number of hydrogen-bond acceptors (Lipinski definition) is 4. The van der Waals surface area contributed by atoms with E-state index in [1.54, 1.807) is 0 Å². The Hall–Kier alpha value is -1.36. The molecule has 0 unspecified atom stereocenters. The second-order valence-electron chi connectivity index (χ2n) is 6.31. The van der Waals surface area contributed by atoms with Crippen LogP contribution in [0.3, 0.4) is 0 Å². The highest BCUT2D eigenvalue weighted by molar-refractivity contribution is 5.92. The summed E-state index contributed by atoms with van der Waals surface area (Å²) in [6, 6.07) is 2.25. The normalized spacial score (nSPS) is 25.9. The Bertz CT molecular complexity index is 499. The molecule has 3 fully saturated rings. The van der Waals surface area contributed by atoms with Gasteiger partial charge in [0.2, 0.25) is 0 Å². The first-order valence-corrected chi connectivity index (χ1v) is 7.66. The van der Waals surface area contributed by atoms with Crippen LogP contribution in [0.2, 0.25) is 0 Å². The number of nitrogens with zero attached hydrogens (tertiary/aromatic N) is 2. The molecule has 108 valence electrons. The molecule has 0 bridgehead atoms. The molecule has 20 heavy (non-hydrogen) atoms. The van der Waals surface area contributed by atoms with Crippen molar-refractivity contribution in [3.63, 3.8) is 0 Å². The third-order valence-corrected chi connectivity index (χ3v) is 4.45. The Kier molecular flexibility index (Phi) is 3.02. The lowest BCUT2D eigenvalue weighted by atomic mass is 10.1.